The SMILES string of the molecule is Cc1nc2ncc(C(=O)Nc3cccc(NC(=O)NCCC(N)=O)c3)c(=O)n2[nH]1. The first-order chi connectivity index (χ1) is 13.8. The fraction of sp³-hybridized carbons (Fsp3) is 0.176. The van der Waals surface area contributed by atoms with Gasteiger partial charge in [0.15, 0.2) is 0 Å². The van der Waals surface area contributed by atoms with Crippen LogP contribution in [0.4, 0.5) is 16.2 Å². The number of primary amides is 1. The number of aromatic nitrogens is 4. The third kappa shape index (κ3) is 4.74. The number of benzene rings is 1. The molecule has 29 heavy (non-hydrogen) atoms. The van der Waals surface area contributed by atoms with E-state index >= 15 is 0 Å². The summed E-state index contributed by atoms with van der Waals surface area (Å²) >= 11 is 0. The number of carbonyl (C=O) groups excluding carboxylic acids is 3. The molecule has 0 spiro atoms. The number of hydrogen-bond acceptors (Lipinski definition) is 6. The minimum Gasteiger partial charge on any atom is -0.370 e. The minimum atomic E-state index is -0.660. The smallest absolute Gasteiger partial charge is 0.319 e. The number of rotatable bonds is 6. The second-order valence-corrected chi connectivity index (χ2v) is 6.05. The highest BCUT2D eigenvalue weighted by atomic mass is 16.2. The maximum absolute atomic E-state index is 12.5. The Morgan fingerprint density at radius 2 is 1.93 bits per heavy atom. The van der Waals surface area contributed by atoms with Gasteiger partial charge >= 0.3 is 6.03 Å². The predicted octanol–water partition coefficient (Wildman–Crippen LogP) is -0.0248. The molecule has 150 valence electrons. The molecule has 2 aromatic heterocycles. The number of nitrogens with two attached hydrogens (primary N) is 1. The van der Waals surface area contributed by atoms with Crippen LogP contribution in [0.25, 0.3) is 5.78 Å². The number of carbonyl (C=O) groups is 3. The van der Waals surface area contributed by atoms with Crippen molar-refractivity contribution in [3.63, 3.8) is 0 Å². The number of fused-ring (bicyclic) bond motifs is 1. The van der Waals surface area contributed by atoms with E-state index in [0.29, 0.717) is 17.2 Å². The largest absolute Gasteiger partial charge is 0.370 e. The third-order valence-electron chi connectivity index (χ3n) is 3.76. The molecule has 12 heteroatoms. The monoisotopic (exact) mass is 398 g/mol. The number of hydrogen-bond donors (Lipinski definition) is 5. The number of anilines is 2. The highest BCUT2D eigenvalue weighted by Crippen LogP contribution is 2.15. The Bertz CT molecular complexity index is 1150. The molecular weight excluding hydrogens is 380 g/mol. The molecule has 0 aliphatic heterocycles. The molecule has 0 atom stereocenters. The van der Waals surface area contributed by atoms with Gasteiger partial charge in [-0.25, -0.2) is 9.78 Å². The Balaban J connectivity index is 1.69. The van der Waals surface area contributed by atoms with Crippen LogP contribution in [0.15, 0.2) is 35.3 Å². The maximum Gasteiger partial charge on any atom is 0.319 e. The molecule has 0 unspecified atom stereocenters. The van der Waals surface area contributed by atoms with Crippen molar-refractivity contribution in [2.24, 2.45) is 5.73 Å². The van der Waals surface area contributed by atoms with E-state index in [1.165, 1.54) is 6.07 Å². The topological polar surface area (TPSA) is 176 Å². The van der Waals surface area contributed by atoms with Crippen molar-refractivity contribution in [2.45, 2.75) is 13.3 Å². The molecule has 0 radical (unpaired) electrons. The molecule has 12 nitrogen and oxygen atoms in total. The Labute approximate surface area is 163 Å². The summed E-state index contributed by atoms with van der Waals surface area (Å²) in [5, 5.41) is 10.3. The van der Waals surface area contributed by atoms with E-state index in [-0.39, 0.29) is 24.3 Å². The van der Waals surface area contributed by atoms with E-state index in [0.717, 1.165) is 10.7 Å². The summed E-state index contributed by atoms with van der Waals surface area (Å²) in [6.45, 7) is 1.76. The van der Waals surface area contributed by atoms with Crippen LogP contribution in [-0.2, 0) is 4.79 Å². The Morgan fingerprint density at radius 3 is 2.66 bits per heavy atom. The summed E-state index contributed by atoms with van der Waals surface area (Å²) in [6.07, 6.45) is 1.18. The number of nitrogens with one attached hydrogen (secondary N) is 4. The van der Waals surface area contributed by atoms with Crippen LogP contribution in [-0.4, -0.2) is 44.0 Å². The zero-order valence-electron chi connectivity index (χ0n) is 15.4. The highest BCUT2D eigenvalue weighted by Gasteiger charge is 2.15. The molecule has 0 aliphatic carbocycles. The van der Waals surface area contributed by atoms with E-state index in [1.54, 1.807) is 25.1 Å². The normalized spacial score (nSPS) is 10.5. The maximum atomic E-state index is 12.5. The Kier molecular flexibility index (Phi) is 5.53. The second-order valence-electron chi connectivity index (χ2n) is 6.05. The fourth-order valence-corrected chi connectivity index (χ4v) is 2.47. The Hall–Kier alpha value is -4.22. The first-order valence-electron chi connectivity index (χ1n) is 8.52. The quantitative estimate of drug-likeness (QED) is 0.389. The van der Waals surface area contributed by atoms with Crippen LogP contribution < -0.4 is 27.2 Å². The average Bonchev–Trinajstić information content (AvgIpc) is 3.03. The summed E-state index contributed by atoms with van der Waals surface area (Å²) < 4.78 is 1.08. The Morgan fingerprint density at radius 1 is 1.21 bits per heavy atom. The molecule has 2 heterocycles. The van der Waals surface area contributed by atoms with Gasteiger partial charge in [0.1, 0.15) is 11.4 Å². The van der Waals surface area contributed by atoms with E-state index in [4.69, 9.17) is 5.73 Å². The molecule has 4 amide bonds. The lowest BCUT2D eigenvalue weighted by Crippen LogP contribution is -2.31. The van der Waals surface area contributed by atoms with Gasteiger partial charge in [-0.15, -0.1) is 0 Å². The van der Waals surface area contributed by atoms with Gasteiger partial charge in [0.05, 0.1) is 0 Å². The molecular formula is C17H18N8O4. The van der Waals surface area contributed by atoms with Crippen LogP contribution in [0.5, 0.6) is 0 Å². The molecule has 1 aromatic carbocycles. The molecule has 3 aromatic rings. The van der Waals surface area contributed by atoms with E-state index in [9.17, 15) is 19.2 Å². The fourth-order valence-electron chi connectivity index (χ4n) is 2.47. The number of aromatic amines is 1. The highest BCUT2D eigenvalue weighted by molar-refractivity contribution is 6.04. The minimum absolute atomic E-state index is 0.0211. The molecule has 0 saturated carbocycles. The molecule has 0 fully saturated rings. The summed E-state index contributed by atoms with van der Waals surface area (Å²) in [5.41, 5.74) is 5.00. The lowest BCUT2D eigenvalue weighted by atomic mass is 10.2. The van der Waals surface area contributed by atoms with E-state index in [2.05, 4.69) is 31.0 Å². The van der Waals surface area contributed by atoms with Gasteiger partial charge in [0.25, 0.3) is 17.2 Å². The third-order valence-corrected chi connectivity index (χ3v) is 3.76. The van der Waals surface area contributed by atoms with Crippen LogP contribution >= 0.6 is 0 Å². The number of urea groups is 1. The number of nitrogens with zero attached hydrogens (tertiary/aromatic N) is 3. The molecule has 3 rings (SSSR count). The first-order valence-corrected chi connectivity index (χ1v) is 8.52. The van der Waals surface area contributed by atoms with Gasteiger partial charge in [-0.05, 0) is 25.1 Å². The van der Waals surface area contributed by atoms with E-state index in [1.807, 2.05) is 0 Å². The first kappa shape index (κ1) is 19.5. The lowest BCUT2D eigenvalue weighted by molar-refractivity contribution is -0.117. The van der Waals surface area contributed by atoms with Crippen LogP contribution in [0.2, 0.25) is 0 Å². The average molecular weight is 398 g/mol. The van der Waals surface area contributed by atoms with Crippen molar-refractivity contribution in [2.75, 3.05) is 17.2 Å². The van der Waals surface area contributed by atoms with Crippen molar-refractivity contribution in [3.05, 3.63) is 52.2 Å². The standard InChI is InChI=1S/C17H18N8O4/c1-9-21-16-20-8-12(15(28)25(16)24-9)14(27)22-10-3-2-4-11(7-10)23-17(29)19-6-5-13(18)26/h2-4,7-8H,5-6H2,1H3,(H2,18,26)(H,22,27)(H2,19,23,29)(H,20,21,24). The predicted molar refractivity (Wildman–Crippen MR) is 104 cm³/mol. The number of H-pyrrole nitrogens is 1. The van der Waals surface area contributed by atoms with Gasteiger partial charge in [0, 0.05) is 30.5 Å². The van der Waals surface area contributed by atoms with Crippen molar-refractivity contribution in [1.29, 1.82) is 0 Å². The number of amides is 4. The summed E-state index contributed by atoms with van der Waals surface area (Å²) in [7, 11) is 0. The summed E-state index contributed by atoms with van der Waals surface area (Å²) in [5.74, 6) is -0.534. The molecule has 0 bridgehead atoms. The summed E-state index contributed by atoms with van der Waals surface area (Å²) in [6, 6.07) is 5.80. The van der Waals surface area contributed by atoms with Gasteiger partial charge in [-0.1, -0.05) is 6.07 Å². The van der Waals surface area contributed by atoms with E-state index < -0.39 is 23.4 Å². The van der Waals surface area contributed by atoms with Crippen LogP contribution in [0.3, 0.4) is 0 Å². The second kappa shape index (κ2) is 8.21. The van der Waals surface area contributed by atoms with Crippen molar-refractivity contribution < 1.29 is 14.4 Å². The zero-order valence-corrected chi connectivity index (χ0v) is 15.4. The van der Waals surface area contributed by atoms with Crippen molar-refractivity contribution in [3.8, 4) is 0 Å². The van der Waals surface area contributed by atoms with Gasteiger partial charge < -0.3 is 21.7 Å². The number of aryl methyl sites for hydroxylation is 1. The zero-order chi connectivity index (χ0) is 21.0. The van der Waals surface area contributed by atoms with Crippen molar-refractivity contribution >= 4 is 35.0 Å². The summed E-state index contributed by atoms with van der Waals surface area (Å²) in [4.78, 5) is 55.4. The molecule has 6 N–H and O–H groups in total. The molecule has 0 aliphatic rings. The van der Waals surface area contributed by atoms with Gasteiger partial charge in [-0.2, -0.15) is 9.50 Å². The molecule has 0 saturated heterocycles. The van der Waals surface area contributed by atoms with Gasteiger partial charge in [-0.3, -0.25) is 19.5 Å². The van der Waals surface area contributed by atoms with Crippen molar-refractivity contribution in [1.82, 2.24) is 24.9 Å². The van der Waals surface area contributed by atoms with Gasteiger partial charge in [0.2, 0.25) is 5.91 Å². The van der Waals surface area contributed by atoms with Crippen LogP contribution in [0, 0.1) is 6.92 Å². The van der Waals surface area contributed by atoms with Crippen LogP contribution in [0.1, 0.15) is 22.6 Å². The lowest BCUT2D eigenvalue weighted by Gasteiger charge is -2.09.